The van der Waals surface area contributed by atoms with Crippen LogP contribution in [0.15, 0.2) is 0 Å². The Kier molecular flexibility index (Phi) is 11.2. The molecule has 19 heavy (non-hydrogen) atoms. The molecule has 0 spiro atoms. The van der Waals surface area contributed by atoms with Crippen molar-refractivity contribution >= 4 is 17.5 Å². The van der Waals surface area contributed by atoms with Crippen molar-refractivity contribution in [2.75, 3.05) is 14.2 Å². The fourth-order valence-electron chi connectivity index (χ4n) is 1.33. The van der Waals surface area contributed by atoms with Gasteiger partial charge < -0.3 is 14.6 Å². The SMILES string of the molecule is COC(C)C(C(C)=O)C(=O)O.COC(C)CC(C)=O. The third kappa shape index (κ3) is 10.3. The number of Topliss-reactive ketones (excluding diaryl/α,β-unsaturated/α-hetero) is 2. The monoisotopic (exact) mass is 276 g/mol. The van der Waals surface area contributed by atoms with Crippen molar-refractivity contribution in [2.45, 2.75) is 46.3 Å². The lowest BCUT2D eigenvalue weighted by Gasteiger charge is -2.15. The molecular formula is C13H24O6. The minimum absolute atomic E-state index is 0.0764. The van der Waals surface area contributed by atoms with E-state index < -0.39 is 18.0 Å². The molecule has 0 radical (unpaired) electrons. The van der Waals surface area contributed by atoms with Crippen molar-refractivity contribution in [1.82, 2.24) is 0 Å². The molecule has 3 atom stereocenters. The van der Waals surface area contributed by atoms with Gasteiger partial charge in [0.15, 0.2) is 0 Å². The zero-order valence-electron chi connectivity index (χ0n) is 12.4. The van der Waals surface area contributed by atoms with Crippen LogP contribution in [-0.2, 0) is 23.9 Å². The van der Waals surface area contributed by atoms with Crippen LogP contribution in [0.4, 0.5) is 0 Å². The molecule has 0 aliphatic rings. The molecule has 0 saturated carbocycles. The molecule has 0 fully saturated rings. The highest BCUT2D eigenvalue weighted by Crippen LogP contribution is 2.08. The average Bonchev–Trinajstić information content (AvgIpc) is 2.27. The van der Waals surface area contributed by atoms with Gasteiger partial charge in [-0.2, -0.15) is 0 Å². The number of hydrogen-bond acceptors (Lipinski definition) is 5. The van der Waals surface area contributed by atoms with Crippen LogP contribution < -0.4 is 0 Å². The second kappa shape index (κ2) is 10.6. The summed E-state index contributed by atoms with van der Waals surface area (Å²) in [6.45, 7) is 6.24. The zero-order valence-corrected chi connectivity index (χ0v) is 12.4. The second-order valence-corrected chi connectivity index (χ2v) is 4.32. The molecule has 6 heteroatoms. The summed E-state index contributed by atoms with van der Waals surface area (Å²) in [6, 6.07) is 0. The predicted molar refractivity (Wildman–Crippen MR) is 70.0 cm³/mol. The lowest BCUT2D eigenvalue weighted by atomic mass is 10.00. The quantitative estimate of drug-likeness (QED) is 0.705. The summed E-state index contributed by atoms with van der Waals surface area (Å²) in [5, 5.41) is 8.54. The van der Waals surface area contributed by atoms with E-state index in [4.69, 9.17) is 14.6 Å². The molecule has 112 valence electrons. The first kappa shape index (κ1) is 20.1. The minimum Gasteiger partial charge on any atom is -0.481 e. The van der Waals surface area contributed by atoms with Gasteiger partial charge in [-0.25, -0.2) is 0 Å². The van der Waals surface area contributed by atoms with E-state index in [1.165, 1.54) is 14.0 Å². The molecule has 3 unspecified atom stereocenters. The number of ether oxygens (including phenoxy) is 2. The normalized spacial score (nSPS) is 14.6. The highest BCUT2D eigenvalue weighted by molar-refractivity contribution is 5.97. The van der Waals surface area contributed by atoms with E-state index in [0.29, 0.717) is 6.42 Å². The Morgan fingerprint density at radius 2 is 1.53 bits per heavy atom. The van der Waals surface area contributed by atoms with Gasteiger partial charge in [0.05, 0.1) is 12.2 Å². The number of aliphatic carboxylic acids is 1. The van der Waals surface area contributed by atoms with Crippen LogP contribution in [0.2, 0.25) is 0 Å². The van der Waals surface area contributed by atoms with E-state index in [-0.39, 0.29) is 17.7 Å². The molecule has 0 heterocycles. The number of methoxy groups -OCH3 is 2. The van der Waals surface area contributed by atoms with Gasteiger partial charge in [0.2, 0.25) is 0 Å². The predicted octanol–water partition coefficient (Wildman–Crippen LogP) is 1.31. The fraction of sp³-hybridized carbons (Fsp3) is 0.769. The molecule has 0 saturated heterocycles. The van der Waals surface area contributed by atoms with Gasteiger partial charge in [0.25, 0.3) is 0 Å². The van der Waals surface area contributed by atoms with Crippen LogP contribution in [0.25, 0.3) is 0 Å². The molecule has 0 aliphatic heterocycles. The highest BCUT2D eigenvalue weighted by Gasteiger charge is 2.28. The average molecular weight is 276 g/mol. The van der Waals surface area contributed by atoms with E-state index in [9.17, 15) is 14.4 Å². The summed E-state index contributed by atoms with van der Waals surface area (Å²) in [6.07, 6.45) is 0.0359. The molecule has 0 bridgehead atoms. The molecule has 6 nitrogen and oxygen atoms in total. The Morgan fingerprint density at radius 3 is 1.63 bits per heavy atom. The van der Waals surface area contributed by atoms with Crippen LogP contribution in [0.1, 0.15) is 34.1 Å². The van der Waals surface area contributed by atoms with Gasteiger partial charge in [-0.05, 0) is 27.7 Å². The molecular weight excluding hydrogens is 252 g/mol. The number of carboxylic acid groups (broad SMARTS) is 1. The van der Waals surface area contributed by atoms with E-state index in [2.05, 4.69) is 0 Å². The van der Waals surface area contributed by atoms with Crippen molar-refractivity contribution < 1.29 is 29.0 Å². The van der Waals surface area contributed by atoms with Gasteiger partial charge in [-0.1, -0.05) is 0 Å². The molecule has 0 aliphatic carbocycles. The topological polar surface area (TPSA) is 89.9 Å². The smallest absolute Gasteiger partial charge is 0.316 e. The van der Waals surface area contributed by atoms with Crippen molar-refractivity contribution in [3.05, 3.63) is 0 Å². The zero-order chi connectivity index (χ0) is 15.6. The Bertz CT molecular complexity index is 286. The highest BCUT2D eigenvalue weighted by atomic mass is 16.5. The number of carbonyl (C=O) groups is 3. The van der Waals surface area contributed by atoms with Crippen LogP contribution in [0.3, 0.4) is 0 Å². The summed E-state index contributed by atoms with van der Waals surface area (Å²) in [5.41, 5.74) is 0. The number of hydrogen-bond donors (Lipinski definition) is 1. The first-order valence-corrected chi connectivity index (χ1v) is 5.95. The number of ketones is 2. The second-order valence-electron chi connectivity index (χ2n) is 4.32. The van der Waals surface area contributed by atoms with Crippen LogP contribution >= 0.6 is 0 Å². The Labute approximate surface area is 114 Å². The molecule has 1 N–H and O–H groups in total. The standard InChI is InChI=1S/C7H12O4.C6H12O2/c1-4(8)6(7(9)10)5(2)11-3;1-5(7)4-6(2)8-3/h5-6H,1-3H3,(H,9,10);6H,4H2,1-3H3. The largest absolute Gasteiger partial charge is 0.481 e. The summed E-state index contributed by atoms with van der Waals surface area (Å²) >= 11 is 0. The molecule has 0 aromatic heterocycles. The van der Waals surface area contributed by atoms with E-state index in [1.807, 2.05) is 6.92 Å². The third-order valence-corrected chi connectivity index (χ3v) is 2.52. The van der Waals surface area contributed by atoms with E-state index >= 15 is 0 Å². The summed E-state index contributed by atoms with van der Waals surface area (Å²) in [5.74, 6) is -2.38. The Morgan fingerprint density at radius 1 is 1.05 bits per heavy atom. The Balaban J connectivity index is 0. The van der Waals surface area contributed by atoms with Gasteiger partial charge in [-0.15, -0.1) is 0 Å². The van der Waals surface area contributed by atoms with Crippen LogP contribution in [0, 0.1) is 5.92 Å². The maximum Gasteiger partial charge on any atom is 0.316 e. The lowest BCUT2D eigenvalue weighted by Crippen LogP contribution is -2.32. The third-order valence-electron chi connectivity index (χ3n) is 2.52. The van der Waals surface area contributed by atoms with Crippen molar-refractivity contribution in [1.29, 1.82) is 0 Å². The van der Waals surface area contributed by atoms with Crippen molar-refractivity contribution in [2.24, 2.45) is 5.92 Å². The van der Waals surface area contributed by atoms with Gasteiger partial charge in [-0.3, -0.25) is 14.4 Å². The van der Waals surface area contributed by atoms with Crippen LogP contribution in [-0.4, -0.2) is 49.1 Å². The number of carboxylic acids is 1. The summed E-state index contributed by atoms with van der Waals surface area (Å²) < 4.78 is 9.57. The maximum atomic E-state index is 10.7. The lowest BCUT2D eigenvalue weighted by molar-refractivity contribution is -0.150. The van der Waals surface area contributed by atoms with Crippen LogP contribution in [0.5, 0.6) is 0 Å². The first-order chi connectivity index (χ1) is 8.67. The number of carbonyl (C=O) groups excluding carboxylic acids is 2. The molecule has 0 aromatic rings. The minimum atomic E-state index is -1.13. The molecule has 0 amide bonds. The van der Waals surface area contributed by atoms with Gasteiger partial charge in [0, 0.05) is 20.6 Å². The van der Waals surface area contributed by atoms with E-state index in [0.717, 1.165) is 0 Å². The van der Waals surface area contributed by atoms with Gasteiger partial charge >= 0.3 is 5.97 Å². The molecule has 0 aromatic carbocycles. The number of rotatable bonds is 7. The molecule has 0 rings (SSSR count). The summed E-state index contributed by atoms with van der Waals surface area (Å²) in [4.78, 5) is 31.5. The maximum absolute atomic E-state index is 10.7. The van der Waals surface area contributed by atoms with Crippen molar-refractivity contribution in [3.8, 4) is 0 Å². The van der Waals surface area contributed by atoms with E-state index in [1.54, 1.807) is 21.0 Å². The Hall–Kier alpha value is -1.27. The summed E-state index contributed by atoms with van der Waals surface area (Å²) in [7, 11) is 2.98. The van der Waals surface area contributed by atoms with Gasteiger partial charge in [0.1, 0.15) is 17.5 Å². The van der Waals surface area contributed by atoms with Crippen molar-refractivity contribution in [3.63, 3.8) is 0 Å². The fourth-order valence-corrected chi connectivity index (χ4v) is 1.33. The first-order valence-electron chi connectivity index (χ1n) is 5.95.